The number of hydrogen-bond donors (Lipinski definition) is 2. The average Bonchev–Trinajstić information content (AvgIpc) is 2.03. The number of carbonyl (C=O) groups excluding carboxylic acids is 1. The molecule has 5 heteroatoms. The number of hydrogen-bond acceptors (Lipinski definition) is 2. The van der Waals surface area contributed by atoms with Gasteiger partial charge in [-0.1, -0.05) is 12.1 Å². The molecule has 0 heterocycles. The van der Waals surface area contributed by atoms with Crippen LogP contribution < -0.4 is 4.72 Å². The number of nitrogens with one attached hydrogen (secondary N) is 1. The summed E-state index contributed by atoms with van der Waals surface area (Å²) in [5.41, 5.74) is 0.778. The SMILES string of the molecule is CC(=O)c1ccccc1NS(=O)O. The summed E-state index contributed by atoms with van der Waals surface area (Å²) in [7, 11) is 0. The van der Waals surface area contributed by atoms with Gasteiger partial charge in [-0.25, -0.2) is 4.21 Å². The maximum atomic E-state index is 11.0. The first-order valence-electron chi connectivity index (χ1n) is 3.58. The molecule has 1 atom stereocenters. The summed E-state index contributed by atoms with van der Waals surface area (Å²) in [6.45, 7) is 1.40. The highest BCUT2D eigenvalue weighted by atomic mass is 32.2. The number of para-hydroxylation sites is 1. The Morgan fingerprint density at radius 3 is 2.62 bits per heavy atom. The molecule has 4 nitrogen and oxygen atoms in total. The molecule has 0 aromatic heterocycles. The van der Waals surface area contributed by atoms with E-state index in [1.165, 1.54) is 6.92 Å². The molecule has 0 radical (unpaired) electrons. The summed E-state index contributed by atoms with van der Waals surface area (Å²) in [4.78, 5) is 11.0. The van der Waals surface area contributed by atoms with Crippen molar-refractivity contribution in [3.63, 3.8) is 0 Å². The highest BCUT2D eigenvalue weighted by molar-refractivity contribution is 7.80. The summed E-state index contributed by atoms with van der Waals surface area (Å²) < 4.78 is 21.3. The van der Waals surface area contributed by atoms with Crippen LogP contribution in [0, 0.1) is 0 Å². The van der Waals surface area contributed by atoms with Gasteiger partial charge in [0.15, 0.2) is 5.78 Å². The van der Waals surface area contributed by atoms with E-state index in [0.29, 0.717) is 11.3 Å². The Morgan fingerprint density at radius 2 is 2.08 bits per heavy atom. The second-order valence-electron chi connectivity index (χ2n) is 2.45. The van der Waals surface area contributed by atoms with Crippen LogP contribution in [0.5, 0.6) is 0 Å². The van der Waals surface area contributed by atoms with Crippen LogP contribution in [0.25, 0.3) is 0 Å². The fourth-order valence-electron chi connectivity index (χ4n) is 0.973. The first kappa shape index (κ1) is 9.88. The van der Waals surface area contributed by atoms with Crippen LogP contribution in [0.3, 0.4) is 0 Å². The maximum absolute atomic E-state index is 11.0. The molecule has 0 fully saturated rings. The average molecular weight is 199 g/mol. The van der Waals surface area contributed by atoms with E-state index in [1.54, 1.807) is 24.3 Å². The molecule has 0 aliphatic heterocycles. The Balaban J connectivity index is 3.04. The van der Waals surface area contributed by atoms with Gasteiger partial charge in [0.2, 0.25) is 0 Å². The standard InChI is InChI=1S/C8H9NO3S/c1-6(10)7-4-2-3-5-8(7)9-13(11)12/h2-5,9H,1H3,(H,11,12). The number of benzene rings is 1. The molecule has 0 saturated carbocycles. The number of anilines is 1. The molecule has 1 unspecified atom stereocenters. The highest BCUT2D eigenvalue weighted by Gasteiger charge is 2.06. The molecule has 0 spiro atoms. The van der Waals surface area contributed by atoms with Crippen LogP contribution in [0.2, 0.25) is 0 Å². The predicted molar refractivity (Wildman–Crippen MR) is 50.8 cm³/mol. The van der Waals surface area contributed by atoms with Crippen LogP contribution in [0.15, 0.2) is 24.3 Å². The molecule has 1 rings (SSSR count). The molecule has 2 N–H and O–H groups in total. The van der Waals surface area contributed by atoms with Crippen molar-refractivity contribution in [1.29, 1.82) is 0 Å². The number of Topliss-reactive ketones (excluding diaryl/α,β-unsaturated/α-hetero) is 1. The molecule has 0 saturated heterocycles. The van der Waals surface area contributed by atoms with Crippen LogP contribution in [-0.4, -0.2) is 14.5 Å². The third-order valence-corrected chi connectivity index (χ3v) is 1.90. The Labute approximate surface area is 78.4 Å². The molecule has 13 heavy (non-hydrogen) atoms. The molecule has 1 aromatic carbocycles. The van der Waals surface area contributed by atoms with Crippen molar-refractivity contribution in [2.75, 3.05) is 4.72 Å². The summed E-state index contributed by atoms with van der Waals surface area (Å²) in [6.07, 6.45) is 0. The largest absolute Gasteiger partial charge is 0.294 e. The Hall–Kier alpha value is -1.20. The predicted octanol–water partition coefficient (Wildman–Crippen LogP) is 1.44. The topological polar surface area (TPSA) is 66.4 Å². The van der Waals surface area contributed by atoms with E-state index < -0.39 is 11.3 Å². The van der Waals surface area contributed by atoms with E-state index >= 15 is 0 Å². The van der Waals surface area contributed by atoms with E-state index in [-0.39, 0.29) is 5.78 Å². The van der Waals surface area contributed by atoms with Gasteiger partial charge in [0.25, 0.3) is 11.3 Å². The summed E-state index contributed by atoms with van der Waals surface area (Å²) in [6, 6.07) is 6.55. The Morgan fingerprint density at radius 1 is 1.46 bits per heavy atom. The quantitative estimate of drug-likeness (QED) is 0.571. The lowest BCUT2D eigenvalue weighted by Gasteiger charge is -2.05. The van der Waals surface area contributed by atoms with E-state index in [9.17, 15) is 9.00 Å². The van der Waals surface area contributed by atoms with Crippen molar-refractivity contribution in [2.45, 2.75) is 6.92 Å². The van der Waals surface area contributed by atoms with Gasteiger partial charge >= 0.3 is 0 Å². The van der Waals surface area contributed by atoms with Gasteiger partial charge in [-0.05, 0) is 19.1 Å². The monoisotopic (exact) mass is 199 g/mol. The number of carbonyl (C=O) groups is 1. The van der Waals surface area contributed by atoms with Gasteiger partial charge in [-0.2, -0.15) is 0 Å². The Bertz CT molecular complexity index is 351. The van der Waals surface area contributed by atoms with Crippen molar-refractivity contribution in [3.8, 4) is 0 Å². The minimum atomic E-state index is -2.15. The van der Waals surface area contributed by atoms with Crippen molar-refractivity contribution in [2.24, 2.45) is 0 Å². The second-order valence-corrected chi connectivity index (χ2v) is 3.16. The minimum absolute atomic E-state index is 0.145. The molecular weight excluding hydrogens is 190 g/mol. The normalized spacial score (nSPS) is 12.2. The van der Waals surface area contributed by atoms with Crippen LogP contribution in [-0.2, 0) is 11.3 Å². The van der Waals surface area contributed by atoms with E-state index in [0.717, 1.165) is 0 Å². The maximum Gasteiger partial charge on any atom is 0.259 e. The van der Waals surface area contributed by atoms with Crippen molar-refractivity contribution < 1.29 is 13.6 Å². The van der Waals surface area contributed by atoms with E-state index in [4.69, 9.17) is 4.55 Å². The summed E-state index contributed by atoms with van der Waals surface area (Å²) in [5, 5.41) is 0. The van der Waals surface area contributed by atoms with E-state index in [2.05, 4.69) is 4.72 Å². The fourth-order valence-corrected chi connectivity index (χ4v) is 1.34. The lowest BCUT2D eigenvalue weighted by atomic mass is 10.1. The molecule has 1 aromatic rings. The number of ketones is 1. The summed E-state index contributed by atoms with van der Waals surface area (Å²) >= 11 is -2.15. The third kappa shape index (κ3) is 2.64. The van der Waals surface area contributed by atoms with Gasteiger partial charge in [-0.15, -0.1) is 0 Å². The summed E-state index contributed by atoms with van der Waals surface area (Å²) in [5.74, 6) is -0.145. The van der Waals surface area contributed by atoms with Gasteiger partial charge in [0, 0.05) is 5.56 Å². The molecule has 0 amide bonds. The van der Waals surface area contributed by atoms with Crippen LogP contribution in [0.4, 0.5) is 5.69 Å². The van der Waals surface area contributed by atoms with Crippen molar-refractivity contribution in [3.05, 3.63) is 29.8 Å². The first-order valence-corrected chi connectivity index (χ1v) is 4.69. The molecule has 0 bridgehead atoms. The van der Waals surface area contributed by atoms with Gasteiger partial charge in [0.1, 0.15) is 0 Å². The minimum Gasteiger partial charge on any atom is -0.294 e. The molecule has 0 aliphatic carbocycles. The van der Waals surface area contributed by atoms with Gasteiger partial charge < -0.3 is 0 Å². The first-order chi connectivity index (χ1) is 6.11. The third-order valence-electron chi connectivity index (χ3n) is 1.50. The van der Waals surface area contributed by atoms with Gasteiger partial charge in [0.05, 0.1) is 5.69 Å². The van der Waals surface area contributed by atoms with E-state index in [1.807, 2.05) is 0 Å². The van der Waals surface area contributed by atoms with Crippen molar-refractivity contribution >= 4 is 22.7 Å². The van der Waals surface area contributed by atoms with Crippen molar-refractivity contribution in [1.82, 2.24) is 0 Å². The smallest absolute Gasteiger partial charge is 0.259 e. The second kappa shape index (κ2) is 4.15. The zero-order chi connectivity index (χ0) is 9.84. The highest BCUT2D eigenvalue weighted by Crippen LogP contribution is 2.15. The molecule has 70 valence electrons. The lowest BCUT2D eigenvalue weighted by molar-refractivity contribution is 0.101. The lowest BCUT2D eigenvalue weighted by Crippen LogP contribution is -2.06. The zero-order valence-corrected chi connectivity index (χ0v) is 7.80. The zero-order valence-electron chi connectivity index (χ0n) is 6.98. The number of rotatable bonds is 3. The van der Waals surface area contributed by atoms with Crippen LogP contribution >= 0.6 is 0 Å². The molecular formula is C8H9NO3S. The Kier molecular flexibility index (Phi) is 3.16. The molecule has 0 aliphatic rings. The van der Waals surface area contributed by atoms with Gasteiger partial charge in [-0.3, -0.25) is 14.1 Å². The fraction of sp³-hybridized carbons (Fsp3) is 0.125. The van der Waals surface area contributed by atoms with Crippen LogP contribution in [0.1, 0.15) is 17.3 Å².